The van der Waals surface area contributed by atoms with Crippen LogP contribution in [0.5, 0.6) is 0 Å². The topological polar surface area (TPSA) is 115 Å². The Morgan fingerprint density at radius 2 is 2.04 bits per heavy atom. The first-order valence-electron chi connectivity index (χ1n) is 8.47. The van der Waals surface area contributed by atoms with Crippen LogP contribution < -0.4 is 5.32 Å². The fourth-order valence-electron chi connectivity index (χ4n) is 3.31. The summed E-state index contributed by atoms with van der Waals surface area (Å²) in [6, 6.07) is 7.49. The molecule has 9 nitrogen and oxygen atoms in total. The number of carbonyl (C=O) groups excluding carboxylic acids is 2. The number of nitro benzene ring substituents is 1. The number of ether oxygens (including phenoxy) is 1. The summed E-state index contributed by atoms with van der Waals surface area (Å²) in [6.45, 7) is 2.08. The summed E-state index contributed by atoms with van der Waals surface area (Å²) in [5, 5.41) is 13.7. The van der Waals surface area contributed by atoms with Gasteiger partial charge < -0.3 is 15.0 Å². The second-order valence-corrected chi connectivity index (χ2v) is 6.33. The van der Waals surface area contributed by atoms with Gasteiger partial charge in [0.15, 0.2) is 0 Å². The third-order valence-corrected chi connectivity index (χ3v) is 4.70. The van der Waals surface area contributed by atoms with Gasteiger partial charge in [0.25, 0.3) is 11.6 Å². The Balaban J connectivity index is 1.61. The van der Waals surface area contributed by atoms with E-state index in [1.807, 2.05) is 0 Å². The molecule has 0 saturated carbocycles. The van der Waals surface area contributed by atoms with Crippen molar-refractivity contribution in [3.8, 4) is 0 Å². The third-order valence-electron chi connectivity index (χ3n) is 4.70. The van der Waals surface area contributed by atoms with Crippen molar-refractivity contribution in [3.05, 3.63) is 63.5 Å². The maximum atomic E-state index is 12.5. The second-order valence-electron chi connectivity index (χ2n) is 6.33. The van der Waals surface area contributed by atoms with E-state index in [2.05, 4.69) is 10.3 Å². The zero-order valence-electron chi connectivity index (χ0n) is 14.3. The van der Waals surface area contributed by atoms with Gasteiger partial charge in [-0.05, 0) is 18.2 Å². The molecule has 2 aromatic rings. The summed E-state index contributed by atoms with van der Waals surface area (Å²) < 4.78 is 5.24. The highest BCUT2D eigenvalue weighted by Gasteiger charge is 2.34. The molecule has 0 bridgehead atoms. The Labute approximate surface area is 154 Å². The van der Waals surface area contributed by atoms with Crippen LogP contribution >= 0.6 is 0 Å². The molecule has 1 N–H and O–H groups in total. The number of nitro groups is 1. The van der Waals surface area contributed by atoms with Crippen molar-refractivity contribution in [2.45, 2.75) is 5.92 Å². The fraction of sp³-hybridized carbons (Fsp3) is 0.278. The Kier molecular flexibility index (Phi) is 4.28. The van der Waals surface area contributed by atoms with Crippen LogP contribution in [0.1, 0.15) is 27.5 Å². The van der Waals surface area contributed by atoms with E-state index in [-0.39, 0.29) is 17.5 Å². The van der Waals surface area contributed by atoms with Gasteiger partial charge in [-0.25, -0.2) is 0 Å². The summed E-state index contributed by atoms with van der Waals surface area (Å²) >= 11 is 0. The number of nitrogens with zero attached hydrogens (tertiary/aromatic N) is 3. The molecule has 2 amide bonds. The number of benzene rings is 1. The molecular formula is C18H16N4O5. The summed E-state index contributed by atoms with van der Waals surface area (Å²) in [7, 11) is 0. The lowest BCUT2D eigenvalue weighted by molar-refractivity contribution is -0.384. The van der Waals surface area contributed by atoms with E-state index in [1.54, 1.807) is 17.0 Å². The highest BCUT2D eigenvalue weighted by molar-refractivity contribution is 6.05. The monoisotopic (exact) mass is 368 g/mol. The SMILES string of the molecule is O=C1Nc2ccc([N+](=O)[O-])cc2C1c1ccc(C(=O)N2CCOCC2)cn1. The third kappa shape index (κ3) is 3.13. The van der Waals surface area contributed by atoms with Gasteiger partial charge in [-0.2, -0.15) is 0 Å². The minimum atomic E-state index is -0.743. The molecule has 27 heavy (non-hydrogen) atoms. The predicted molar refractivity (Wildman–Crippen MR) is 94.5 cm³/mol. The number of nitrogens with one attached hydrogen (secondary N) is 1. The van der Waals surface area contributed by atoms with Crippen LogP contribution in [0.15, 0.2) is 36.5 Å². The highest BCUT2D eigenvalue weighted by Crippen LogP contribution is 2.38. The first-order valence-corrected chi connectivity index (χ1v) is 8.47. The van der Waals surface area contributed by atoms with E-state index in [0.29, 0.717) is 48.8 Å². The number of amides is 2. The Bertz CT molecular complexity index is 922. The van der Waals surface area contributed by atoms with E-state index < -0.39 is 10.8 Å². The predicted octanol–water partition coefficient (Wildman–Crippen LogP) is 1.55. The summed E-state index contributed by atoms with van der Waals surface area (Å²) in [5.74, 6) is -1.18. The standard InChI is InChI=1S/C18H16N4O5/c23-17-16(13-9-12(22(25)26)2-4-14(13)20-17)15-3-1-11(10-19-15)18(24)21-5-7-27-8-6-21/h1-4,9-10,16H,5-8H2,(H,20,23). The van der Waals surface area contributed by atoms with Gasteiger partial charge >= 0.3 is 0 Å². The van der Waals surface area contributed by atoms with Crippen LogP contribution in [0, 0.1) is 10.1 Å². The van der Waals surface area contributed by atoms with Crippen LogP contribution in [0.3, 0.4) is 0 Å². The van der Waals surface area contributed by atoms with Crippen LogP contribution in [-0.4, -0.2) is 52.9 Å². The normalized spacial score (nSPS) is 18.7. The summed E-state index contributed by atoms with van der Waals surface area (Å²) in [6.07, 6.45) is 1.44. The molecule has 1 aromatic carbocycles. The maximum Gasteiger partial charge on any atom is 0.269 e. The molecule has 9 heteroatoms. The lowest BCUT2D eigenvalue weighted by Gasteiger charge is -2.26. The largest absolute Gasteiger partial charge is 0.378 e. The number of hydrogen-bond donors (Lipinski definition) is 1. The number of carbonyl (C=O) groups is 2. The van der Waals surface area contributed by atoms with Gasteiger partial charge in [0, 0.05) is 42.7 Å². The van der Waals surface area contributed by atoms with Crippen LogP contribution in [0.2, 0.25) is 0 Å². The molecule has 2 aliphatic rings. The first-order chi connectivity index (χ1) is 13.0. The molecule has 1 saturated heterocycles. The van der Waals surface area contributed by atoms with Crippen LogP contribution in [0.25, 0.3) is 0 Å². The van der Waals surface area contributed by atoms with Crippen molar-refractivity contribution in [2.75, 3.05) is 31.6 Å². The molecule has 1 aromatic heterocycles. The van der Waals surface area contributed by atoms with E-state index in [4.69, 9.17) is 4.74 Å². The van der Waals surface area contributed by atoms with Crippen molar-refractivity contribution in [2.24, 2.45) is 0 Å². The molecule has 138 valence electrons. The van der Waals surface area contributed by atoms with E-state index in [1.165, 1.54) is 24.4 Å². The minimum Gasteiger partial charge on any atom is -0.378 e. The number of fused-ring (bicyclic) bond motifs is 1. The van der Waals surface area contributed by atoms with E-state index >= 15 is 0 Å². The van der Waals surface area contributed by atoms with Gasteiger partial charge in [0.05, 0.1) is 29.4 Å². The Morgan fingerprint density at radius 1 is 1.26 bits per heavy atom. The maximum absolute atomic E-state index is 12.5. The van der Waals surface area contributed by atoms with Gasteiger partial charge in [0.2, 0.25) is 5.91 Å². The molecule has 3 heterocycles. The molecule has 1 fully saturated rings. The Morgan fingerprint density at radius 3 is 2.70 bits per heavy atom. The van der Waals surface area contributed by atoms with Crippen molar-refractivity contribution in [3.63, 3.8) is 0 Å². The minimum absolute atomic E-state index is 0.0886. The van der Waals surface area contributed by atoms with E-state index in [9.17, 15) is 19.7 Å². The molecule has 0 radical (unpaired) electrons. The Hall–Kier alpha value is -3.33. The average molecular weight is 368 g/mol. The van der Waals surface area contributed by atoms with Gasteiger partial charge in [-0.15, -0.1) is 0 Å². The van der Waals surface area contributed by atoms with Crippen molar-refractivity contribution in [1.82, 2.24) is 9.88 Å². The number of non-ortho nitro benzene ring substituents is 1. The number of pyridine rings is 1. The average Bonchev–Trinajstić information content (AvgIpc) is 3.03. The molecule has 2 aliphatic heterocycles. The summed E-state index contributed by atoms with van der Waals surface area (Å²) in [4.78, 5) is 41.4. The highest BCUT2D eigenvalue weighted by atomic mass is 16.6. The van der Waals surface area contributed by atoms with E-state index in [0.717, 1.165) is 0 Å². The zero-order valence-corrected chi connectivity index (χ0v) is 14.3. The van der Waals surface area contributed by atoms with Gasteiger partial charge in [-0.3, -0.25) is 24.7 Å². The second kappa shape index (κ2) is 6.76. The lowest BCUT2D eigenvalue weighted by Crippen LogP contribution is -2.40. The van der Waals surface area contributed by atoms with Crippen molar-refractivity contribution < 1.29 is 19.2 Å². The quantitative estimate of drug-likeness (QED) is 0.649. The number of aromatic nitrogens is 1. The number of rotatable bonds is 3. The molecular weight excluding hydrogens is 352 g/mol. The number of hydrogen-bond acceptors (Lipinski definition) is 6. The fourth-order valence-corrected chi connectivity index (χ4v) is 3.31. The van der Waals surface area contributed by atoms with Crippen LogP contribution in [0.4, 0.5) is 11.4 Å². The first kappa shape index (κ1) is 17.1. The van der Waals surface area contributed by atoms with Crippen molar-refractivity contribution >= 4 is 23.2 Å². The molecule has 1 atom stereocenters. The zero-order chi connectivity index (χ0) is 19.0. The molecule has 4 rings (SSSR count). The molecule has 0 spiro atoms. The number of morpholine rings is 1. The van der Waals surface area contributed by atoms with Gasteiger partial charge in [-0.1, -0.05) is 0 Å². The van der Waals surface area contributed by atoms with Gasteiger partial charge in [0.1, 0.15) is 5.92 Å². The van der Waals surface area contributed by atoms with Crippen molar-refractivity contribution in [1.29, 1.82) is 0 Å². The molecule has 0 aliphatic carbocycles. The lowest BCUT2D eigenvalue weighted by atomic mass is 9.96. The molecule has 1 unspecified atom stereocenters. The summed E-state index contributed by atoms with van der Waals surface area (Å²) in [5.41, 5.74) is 1.82. The van der Waals surface area contributed by atoms with Crippen LogP contribution in [-0.2, 0) is 9.53 Å². The number of anilines is 1. The smallest absolute Gasteiger partial charge is 0.269 e.